The number of hydrogen-bond donors (Lipinski definition) is 0. The van der Waals surface area contributed by atoms with Crippen molar-refractivity contribution in [3.8, 4) is 0 Å². The molecule has 2 saturated carbocycles. The van der Waals surface area contributed by atoms with Crippen LogP contribution in [-0.4, -0.2) is 23.5 Å². The Hall–Kier alpha value is -1.88. The zero-order valence-corrected chi connectivity index (χ0v) is 19.1. The number of carbonyl (C=O) groups is 2. The van der Waals surface area contributed by atoms with Crippen LogP contribution in [0.4, 0.5) is 0 Å². The topological polar surface area (TPSA) is 69.0 Å². The van der Waals surface area contributed by atoms with E-state index in [-0.39, 0.29) is 39.5 Å². The predicted molar refractivity (Wildman–Crippen MR) is 113 cm³/mol. The Morgan fingerprint density at radius 2 is 1.65 bits per heavy atom. The van der Waals surface area contributed by atoms with E-state index in [0.29, 0.717) is 11.8 Å². The highest BCUT2D eigenvalue weighted by Crippen LogP contribution is 2.79. The van der Waals surface area contributed by atoms with Crippen molar-refractivity contribution in [2.45, 2.75) is 78.1 Å². The molecule has 8 unspecified atom stereocenters. The van der Waals surface area contributed by atoms with Crippen LogP contribution in [0.3, 0.4) is 0 Å². The van der Waals surface area contributed by atoms with Crippen LogP contribution in [0.25, 0.3) is 0 Å². The Morgan fingerprint density at radius 1 is 0.935 bits per heavy atom. The van der Waals surface area contributed by atoms with Crippen molar-refractivity contribution in [1.29, 1.82) is 0 Å². The second kappa shape index (κ2) is 5.54. The molecule has 2 saturated heterocycles. The number of rotatable bonds is 1. The van der Waals surface area contributed by atoms with E-state index in [4.69, 9.17) is 13.9 Å². The molecule has 31 heavy (non-hydrogen) atoms. The number of furan rings is 1. The number of epoxide rings is 1. The number of fused-ring (bicyclic) bond motifs is 3. The van der Waals surface area contributed by atoms with Gasteiger partial charge < -0.3 is 13.9 Å². The molecule has 5 aliphatic rings. The molecule has 5 nitrogen and oxygen atoms in total. The van der Waals surface area contributed by atoms with E-state index < -0.39 is 11.7 Å². The van der Waals surface area contributed by atoms with E-state index in [1.807, 2.05) is 12.1 Å². The standard InChI is InChI=1S/C26H32O5/c1-22(2)16-6-11-24(4)17(23(16,3)10-8-18(22)27)7-12-25(5)19(15-9-13-29-14-15)30-21(28)20-26(24,25)31-20/h8-10,13-14,16-17,19-20H,6-7,11-12H2,1-5H3. The van der Waals surface area contributed by atoms with Gasteiger partial charge in [-0.05, 0) is 55.1 Å². The molecule has 166 valence electrons. The zero-order chi connectivity index (χ0) is 22.0. The van der Waals surface area contributed by atoms with Gasteiger partial charge in [-0.1, -0.05) is 40.7 Å². The molecule has 0 bridgehead atoms. The van der Waals surface area contributed by atoms with Gasteiger partial charge in [0.05, 0.1) is 12.5 Å². The lowest BCUT2D eigenvalue weighted by Crippen LogP contribution is -2.68. The molecule has 6 rings (SSSR count). The van der Waals surface area contributed by atoms with E-state index in [9.17, 15) is 9.59 Å². The van der Waals surface area contributed by atoms with Crippen molar-refractivity contribution >= 4 is 11.8 Å². The van der Waals surface area contributed by atoms with Gasteiger partial charge in [-0.25, -0.2) is 4.79 Å². The normalized spacial score (nSPS) is 51.8. The first-order valence-corrected chi connectivity index (χ1v) is 11.7. The monoisotopic (exact) mass is 424 g/mol. The lowest BCUT2D eigenvalue weighted by atomic mass is 9.36. The number of esters is 1. The van der Waals surface area contributed by atoms with E-state index in [2.05, 4.69) is 40.7 Å². The highest BCUT2D eigenvalue weighted by Gasteiger charge is 2.86. The van der Waals surface area contributed by atoms with Crippen LogP contribution in [-0.2, 0) is 19.1 Å². The number of carbonyl (C=O) groups excluding carboxylic acids is 2. The van der Waals surface area contributed by atoms with Crippen LogP contribution in [0, 0.1) is 33.5 Å². The van der Waals surface area contributed by atoms with Crippen LogP contribution in [0.1, 0.15) is 72.0 Å². The molecule has 0 aromatic carbocycles. The molecule has 4 fully saturated rings. The maximum atomic E-state index is 13.0. The average molecular weight is 425 g/mol. The van der Waals surface area contributed by atoms with Gasteiger partial charge in [0.1, 0.15) is 11.7 Å². The maximum Gasteiger partial charge on any atom is 0.339 e. The van der Waals surface area contributed by atoms with Crippen molar-refractivity contribution in [3.63, 3.8) is 0 Å². The van der Waals surface area contributed by atoms with E-state index >= 15 is 0 Å². The Balaban J connectivity index is 1.49. The first-order valence-electron chi connectivity index (χ1n) is 11.7. The second-order valence-electron chi connectivity index (χ2n) is 11.9. The molecule has 1 spiro atoms. The molecule has 3 heterocycles. The van der Waals surface area contributed by atoms with Gasteiger partial charge in [0.15, 0.2) is 11.9 Å². The number of ketones is 1. The van der Waals surface area contributed by atoms with Gasteiger partial charge in [0, 0.05) is 21.8 Å². The Morgan fingerprint density at radius 3 is 2.35 bits per heavy atom. The number of ether oxygens (including phenoxy) is 2. The number of hydrogen-bond acceptors (Lipinski definition) is 5. The molecule has 0 amide bonds. The van der Waals surface area contributed by atoms with E-state index in [1.54, 1.807) is 12.5 Å². The van der Waals surface area contributed by atoms with Gasteiger partial charge in [0.25, 0.3) is 0 Å². The molecular formula is C26H32O5. The fourth-order valence-corrected chi connectivity index (χ4v) is 8.96. The first-order chi connectivity index (χ1) is 14.5. The Bertz CT molecular complexity index is 1010. The smallest absolute Gasteiger partial charge is 0.339 e. The van der Waals surface area contributed by atoms with Crippen molar-refractivity contribution in [2.75, 3.05) is 0 Å². The summed E-state index contributed by atoms with van der Waals surface area (Å²) in [5, 5.41) is 0. The molecular weight excluding hydrogens is 392 g/mol. The molecule has 1 aromatic heterocycles. The summed E-state index contributed by atoms with van der Waals surface area (Å²) in [5.74, 6) is 0.636. The molecule has 3 aliphatic carbocycles. The first kappa shape index (κ1) is 19.8. The van der Waals surface area contributed by atoms with Crippen LogP contribution in [0.2, 0.25) is 0 Å². The zero-order valence-electron chi connectivity index (χ0n) is 19.1. The van der Waals surface area contributed by atoms with Crippen LogP contribution >= 0.6 is 0 Å². The minimum absolute atomic E-state index is 0.0938. The van der Waals surface area contributed by atoms with Gasteiger partial charge in [-0.2, -0.15) is 0 Å². The lowest BCUT2D eigenvalue weighted by molar-refractivity contribution is -0.214. The predicted octanol–water partition coefficient (Wildman–Crippen LogP) is 5.02. The van der Waals surface area contributed by atoms with Crippen molar-refractivity contribution in [2.24, 2.45) is 33.5 Å². The van der Waals surface area contributed by atoms with Crippen molar-refractivity contribution in [3.05, 3.63) is 36.3 Å². The van der Waals surface area contributed by atoms with Crippen LogP contribution < -0.4 is 0 Å². The highest BCUT2D eigenvalue weighted by atomic mass is 16.7. The minimum Gasteiger partial charge on any atom is -0.472 e. The molecule has 0 radical (unpaired) electrons. The molecule has 1 aromatic rings. The minimum atomic E-state index is -0.534. The summed E-state index contributed by atoms with van der Waals surface area (Å²) < 4.78 is 17.8. The average Bonchev–Trinajstić information content (AvgIpc) is 3.28. The van der Waals surface area contributed by atoms with Crippen LogP contribution in [0.15, 0.2) is 35.2 Å². The van der Waals surface area contributed by atoms with Gasteiger partial charge in [-0.15, -0.1) is 0 Å². The molecule has 2 aliphatic heterocycles. The Kier molecular flexibility index (Phi) is 3.53. The maximum absolute atomic E-state index is 13.0. The van der Waals surface area contributed by atoms with Crippen molar-refractivity contribution < 1.29 is 23.5 Å². The quantitative estimate of drug-likeness (QED) is 0.468. The fraction of sp³-hybridized carbons (Fsp3) is 0.692. The highest BCUT2D eigenvalue weighted by molar-refractivity contribution is 5.95. The van der Waals surface area contributed by atoms with Gasteiger partial charge >= 0.3 is 5.97 Å². The van der Waals surface area contributed by atoms with Crippen LogP contribution in [0.5, 0.6) is 0 Å². The summed E-state index contributed by atoms with van der Waals surface area (Å²) in [4.78, 5) is 25.8. The van der Waals surface area contributed by atoms with E-state index in [1.165, 1.54) is 0 Å². The largest absolute Gasteiger partial charge is 0.472 e. The summed E-state index contributed by atoms with van der Waals surface area (Å²) in [6.07, 6.45) is 10.4. The second-order valence-corrected chi connectivity index (χ2v) is 11.9. The third-order valence-electron chi connectivity index (χ3n) is 10.5. The Labute approximate surface area is 183 Å². The summed E-state index contributed by atoms with van der Waals surface area (Å²) in [5.41, 5.74) is -0.559. The summed E-state index contributed by atoms with van der Waals surface area (Å²) in [7, 11) is 0. The lowest BCUT2D eigenvalue weighted by Gasteiger charge is -2.67. The summed E-state index contributed by atoms with van der Waals surface area (Å²) in [6.45, 7) is 11.2. The fourth-order valence-electron chi connectivity index (χ4n) is 8.96. The van der Waals surface area contributed by atoms with Gasteiger partial charge in [0.2, 0.25) is 0 Å². The summed E-state index contributed by atoms with van der Waals surface area (Å²) in [6, 6.07) is 1.91. The van der Waals surface area contributed by atoms with E-state index in [0.717, 1.165) is 31.2 Å². The number of allylic oxidation sites excluding steroid dienone is 2. The molecule has 0 N–H and O–H groups in total. The molecule has 5 heteroatoms. The molecule has 8 atom stereocenters. The summed E-state index contributed by atoms with van der Waals surface area (Å²) >= 11 is 0. The van der Waals surface area contributed by atoms with Crippen molar-refractivity contribution in [1.82, 2.24) is 0 Å². The third-order valence-corrected chi connectivity index (χ3v) is 10.5. The SMILES string of the molecule is CC1(C)C(=O)C=CC2(C)C1CCC1(C)C2CCC2(C)C(c3ccoc3)OC(=O)C3OC321. The number of cyclic esters (lactones) is 1. The third kappa shape index (κ3) is 1.99. The van der Waals surface area contributed by atoms with Gasteiger partial charge in [-0.3, -0.25) is 4.79 Å².